The molecule has 2 atom stereocenters. The van der Waals surface area contributed by atoms with Gasteiger partial charge in [-0.15, -0.1) is 0 Å². The third-order valence-corrected chi connectivity index (χ3v) is 4.49. The number of hydrogen-bond donors (Lipinski definition) is 3. The summed E-state index contributed by atoms with van der Waals surface area (Å²) in [5.74, 6) is 0.171. The third kappa shape index (κ3) is 7.93. The molecule has 0 aliphatic heterocycles. The van der Waals surface area contributed by atoms with E-state index < -0.39 is 5.97 Å². The maximum Gasteiger partial charge on any atom is 0.315 e. The number of nitrogens with one attached hydrogen (secondary N) is 2. The zero-order chi connectivity index (χ0) is 15.7. The van der Waals surface area contributed by atoms with Gasteiger partial charge >= 0.3 is 12.0 Å². The van der Waals surface area contributed by atoms with Crippen LogP contribution in [-0.2, 0) is 4.79 Å². The Morgan fingerprint density at radius 3 is 2.43 bits per heavy atom. The molecule has 0 heterocycles. The van der Waals surface area contributed by atoms with Gasteiger partial charge in [-0.25, -0.2) is 4.79 Å². The van der Waals surface area contributed by atoms with Crippen molar-refractivity contribution >= 4 is 12.0 Å². The molecule has 122 valence electrons. The molecule has 0 aromatic heterocycles. The Balaban J connectivity index is 2.11. The van der Waals surface area contributed by atoms with Crippen LogP contribution < -0.4 is 10.6 Å². The predicted molar refractivity (Wildman–Crippen MR) is 83.2 cm³/mol. The first-order chi connectivity index (χ1) is 9.99. The highest BCUT2D eigenvalue weighted by Crippen LogP contribution is 2.26. The van der Waals surface area contributed by atoms with Gasteiger partial charge in [0.05, 0.1) is 0 Å². The molecule has 1 saturated carbocycles. The van der Waals surface area contributed by atoms with Crippen LogP contribution in [0.1, 0.15) is 65.2 Å². The summed E-state index contributed by atoms with van der Waals surface area (Å²) in [6, 6.07) is 0.133. The lowest BCUT2D eigenvalue weighted by Crippen LogP contribution is -2.44. The average molecular weight is 298 g/mol. The molecular weight excluding hydrogens is 268 g/mol. The summed E-state index contributed by atoms with van der Waals surface area (Å²) in [7, 11) is 0. The maximum atomic E-state index is 11.8. The van der Waals surface area contributed by atoms with Crippen LogP contribution in [0.5, 0.6) is 0 Å². The molecule has 5 heteroatoms. The predicted octanol–water partition coefficient (Wildman–Crippen LogP) is 3.15. The SMILES string of the molecule is CC(CCNC(=O)NC(C)C1CCCCC1)CCC(=O)O. The largest absolute Gasteiger partial charge is 0.481 e. The molecule has 2 unspecified atom stereocenters. The van der Waals surface area contributed by atoms with Gasteiger partial charge in [0.15, 0.2) is 0 Å². The number of urea groups is 1. The molecule has 21 heavy (non-hydrogen) atoms. The van der Waals surface area contributed by atoms with Gasteiger partial charge in [0.25, 0.3) is 0 Å². The fraction of sp³-hybridized carbons (Fsp3) is 0.875. The fourth-order valence-corrected chi connectivity index (χ4v) is 2.96. The number of amides is 2. The third-order valence-electron chi connectivity index (χ3n) is 4.49. The average Bonchev–Trinajstić information content (AvgIpc) is 2.46. The lowest BCUT2D eigenvalue weighted by atomic mass is 9.85. The van der Waals surface area contributed by atoms with Crippen LogP contribution in [-0.4, -0.2) is 29.7 Å². The van der Waals surface area contributed by atoms with Crippen molar-refractivity contribution in [3.05, 3.63) is 0 Å². The highest BCUT2D eigenvalue weighted by atomic mass is 16.4. The number of carbonyl (C=O) groups is 2. The Morgan fingerprint density at radius 1 is 1.14 bits per heavy atom. The topological polar surface area (TPSA) is 78.4 Å². The highest BCUT2D eigenvalue weighted by molar-refractivity contribution is 5.74. The smallest absolute Gasteiger partial charge is 0.315 e. The second kappa shape index (κ2) is 9.64. The number of aliphatic carboxylic acids is 1. The van der Waals surface area contributed by atoms with E-state index in [4.69, 9.17) is 5.11 Å². The van der Waals surface area contributed by atoms with Crippen LogP contribution in [0.2, 0.25) is 0 Å². The van der Waals surface area contributed by atoms with E-state index in [0.717, 1.165) is 6.42 Å². The second-order valence-corrected chi connectivity index (χ2v) is 6.41. The summed E-state index contributed by atoms with van der Waals surface area (Å²) in [6.07, 6.45) is 7.99. The fourth-order valence-electron chi connectivity index (χ4n) is 2.96. The molecule has 0 bridgehead atoms. The summed E-state index contributed by atoms with van der Waals surface area (Å²) >= 11 is 0. The number of hydrogen-bond acceptors (Lipinski definition) is 2. The Labute approximate surface area is 127 Å². The first kappa shape index (κ1) is 17.8. The quantitative estimate of drug-likeness (QED) is 0.644. The lowest BCUT2D eigenvalue weighted by Gasteiger charge is -2.28. The Morgan fingerprint density at radius 2 is 1.81 bits per heavy atom. The van der Waals surface area contributed by atoms with Gasteiger partial charge in [0.1, 0.15) is 0 Å². The zero-order valence-corrected chi connectivity index (χ0v) is 13.4. The summed E-state index contributed by atoms with van der Waals surface area (Å²) in [5.41, 5.74) is 0. The number of carbonyl (C=O) groups excluding carboxylic acids is 1. The van der Waals surface area contributed by atoms with Crippen molar-refractivity contribution in [1.82, 2.24) is 10.6 Å². The standard InChI is InChI=1S/C16H30N2O3/c1-12(8-9-15(19)20)10-11-17-16(21)18-13(2)14-6-4-3-5-7-14/h12-14H,3-11H2,1-2H3,(H,19,20)(H2,17,18,21). The van der Waals surface area contributed by atoms with E-state index in [1.807, 2.05) is 6.92 Å². The molecule has 0 saturated heterocycles. The molecule has 2 amide bonds. The van der Waals surface area contributed by atoms with Crippen LogP contribution in [0.25, 0.3) is 0 Å². The first-order valence-electron chi connectivity index (χ1n) is 8.25. The molecule has 1 rings (SSSR count). The minimum atomic E-state index is -0.756. The Kier molecular flexibility index (Phi) is 8.16. The van der Waals surface area contributed by atoms with Gasteiger partial charge in [-0.05, 0) is 44.4 Å². The van der Waals surface area contributed by atoms with Gasteiger partial charge in [0.2, 0.25) is 0 Å². The molecule has 1 fully saturated rings. The molecule has 0 aromatic carbocycles. The summed E-state index contributed by atoms with van der Waals surface area (Å²) in [4.78, 5) is 22.3. The molecule has 3 N–H and O–H groups in total. The van der Waals surface area contributed by atoms with Crippen molar-refractivity contribution in [3.8, 4) is 0 Å². The second-order valence-electron chi connectivity index (χ2n) is 6.41. The van der Waals surface area contributed by atoms with Crippen LogP contribution in [0.15, 0.2) is 0 Å². The monoisotopic (exact) mass is 298 g/mol. The van der Waals surface area contributed by atoms with E-state index in [1.54, 1.807) is 0 Å². The van der Waals surface area contributed by atoms with Crippen LogP contribution in [0.4, 0.5) is 4.79 Å². The van der Waals surface area contributed by atoms with E-state index >= 15 is 0 Å². The van der Waals surface area contributed by atoms with Crippen molar-refractivity contribution in [3.63, 3.8) is 0 Å². The zero-order valence-electron chi connectivity index (χ0n) is 13.4. The van der Waals surface area contributed by atoms with E-state index in [-0.39, 0.29) is 18.5 Å². The van der Waals surface area contributed by atoms with E-state index in [9.17, 15) is 9.59 Å². The molecule has 5 nitrogen and oxygen atoms in total. The minimum absolute atomic E-state index is 0.0986. The van der Waals surface area contributed by atoms with Crippen molar-refractivity contribution in [2.24, 2.45) is 11.8 Å². The van der Waals surface area contributed by atoms with Gasteiger partial charge in [-0.3, -0.25) is 4.79 Å². The molecular formula is C16H30N2O3. The molecule has 0 aromatic rings. The van der Waals surface area contributed by atoms with Crippen molar-refractivity contribution in [1.29, 1.82) is 0 Å². The van der Waals surface area contributed by atoms with Gasteiger partial charge in [0, 0.05) is 19.0 Å². The lowest BCUT2D eigenvalue weighted by molar-refractivity contribution is -0.137. The Hall–Kier alpha value is -1.26. The van der Waals surface area contributed by atoms with E-state index in [1.165, 1.54) is 32.1 Å². The molecule has 1 aliphatic carbocycles. The first-order valence-corrected chi connectivity index (χ1v) is 8.25. The van der Waals surface area contributed by atoms with Crippen molar-refractivity contribution in [2.75, 3.05) is 6.54 Å². The summed E-state index contributed by atoms with van der Waals surface area (Å²) < 4.78 is 0. The van der Waals surface area contributed by atoms with Crippen molar-refractivity contribution < 1.29 is 14.7 Å². The van der Waals surface area contributed by atoms with Crippen LogP contribution in [0.3, 0.4) is 0 Å². The van der Waals surface area contributed by atoms with Gasteiger partial charge in [-0.2, -0.15) is 0 Å². The number of carboxylic acids is 1. The van der Waals surface area contributed by atoms with Gasteiger partial charge < -0.3 is 15.7 Å². The van der Waals surface area contributed by atoms with Crippen LogP contribution in [0, 0.1) is 11.8 Å². The Bertz CT molecular complexity index is 327. The molecule has 0 radical (unpaired) electrons. The van der Waals surface area contributed by atoms with E-state index in [0.29, 0.717) is 24.8 Å². The normalized spacial score (nSPS) is 18.8. The summed E-state index contributed by atoms with van der Waals surface area (Å²) in [5, 5.41) is 14.5. The van der Waals surface area contributed by atoms with E-state index in [2.05, 4.69) is 17.6 Å². The molecule has 1 aliphatic rings. The summed E-state index contributed by atoms with van der Waals surface area (Å²) in [6.45, 7) is 4.71. The van der Waals surface area contributed by atoms with Crippen molar-refractivity contribution in [2.45, 2.75) is 71.3 Å². The number of rotatable bonds is 8. The minimum Gasteiger partial charge on any atom is -0.481 e. The maximum absolute atomic E-state index is 11.8. The van der Waals surface area contributed by atoms with Gasteiger partial charge in [-0.1, -0.05) is 26.2 Å². The number of carboxylic acid groups (broad SMARTS) is 1. The van der Waals surface area contributed by atoms with Crippen LogP contribution >= 0.6 is 0 Å². The molecule has 0 spiro atoms. The highest BCUT2D eigenvalue weighted by Gasteiger charge is 2.21.